The summed E-state index contributed by atoms with van der Waals surface area (Å²) in [5.41, 5.74) is -1.93. The van der Waals surface area contributed by atoms with Gasteiger partial charge in [0, 0.05) is 34.1 Å². The molecule has 1 fully saturated rings. The molecule has 0 saturated carbocycles. The molecule has 0 aromatic rings. The van der Waals surface area contributed by atoms with Crippen LogP contribution in [0, 0.1) is 35.5 Å². The summed E-state index contributed by atoms with van der Waals surface area (Å²) in [6.07, 6.45) is 9.94. The highest BCUT2D eigenvalue weighted by atomic mass is 16.6. The van der Waals surface area contributed by atoms with Crippen LogP contribution in [0.3, 0.4) is 0 Å². The van der Waals surface area contributed by atoms with E-state index in [0.717, 1.165) is 11.3 Å². The van der Waals surface area contributed by atoms with E-state index in [1.54, 1.807) is 41.5 Å². The first-order chi connectivity index (χ1) is 32.1. The van der Waals surface area contributed by atoms with Crippen molar-refractivity contribution in [2.45, 2.75) is 182 Å². The van der Waals surface area contributed by atoms with Gasteiger partial charge in [-0.1, -0.05) is 100.0 Å². The standard InChI is InChI=1S/C51H88N8O10/c1-17-32(9)38(56-44(61)35-25-22-26-53-35)48(65)57(14)39(30(5)6)46(63)55-37(27-29(3)4)47(64)59(16)42(51(11,12)68)50(67)69-41(33(10)18-2)49(66)58(15)40(31(7)8)45(62)54-36(43(60)52-13)28-34-23-20-19-21-24-34/h19-21,23,29-42,53,68H,17-18,22,24-28H2,1-16H3,(H,52,60)(H,54,62)(H,55,63)(H,56,61)/t32-,33-,34?,35-,36-,37-,38-,39-,40-,41+,42+/m0/s1. The Morgan fingerprint density at radius 2 is 1.29 bits per heavy atom. The van der Waals surface area contributed by atoms with Crippen LogP contribution in [-0.2, 0) is 43.1 Å². The van der Waals surface area contributed by atoms with Crippen LogP contribution in [0.1, 0.15) is 128 Å². The number of aliphatic hydroxyl groups is 1. The molecule has 392 valence electrons. The number of esters is 1. The lowest BCUT2D eigenvalue weighted by atomic mass is 9.92. The number of hydrogen-bond donors (Lipinski definition) is 6. The highest BCUT2D eigenvalue weighted by Crippen LogP contribution is 2.26. The molecular weight excluding hydrogens is 885 g/mol. The van der Waals surface area contributed by atoms with Gasteiger partial charge in [-0.2, -0.15) is 0 Å². The van der Waals surface area contributed by atoms with E-state index < -0.39 is 107 Å². The van der Waals surface area contributed by atoms with Crippen LogP contribution < -0.4 is 26.6 Å². The molecule has 1 heterocycles. The van der Waals surface area contributed by atoms with E-state index in [4.69, 9.17) is 4.74 Å². The Morgan fingerprint density at radius 1 is 0.739 bits per heavy atom. The van der Waals surface area contributed by atoms with Crippen molar-refractivity contribution in [2.75, 3.05) is 34.7 Å². The Hall–Kier alpha value is -4.84. The fourth-order valence-corrected chi connectivity index (χ4v) is 9.22. The maximum atomic E-state index is 14.6. The van der Waals surface area contributed by atoms with Crippen LogP contribution in [-0.4, -0.2) is 156 Å². The number of amides is 7. The van der Waals surface area contributed by atoms with Crippen molar-refractivity contribution in [3.63, 3.8) is 0 Å². The molecule has 0 aromatic carbocycles. The Bertz CT molecular complexity index is 1820. The van der Waals surface area contributed by atoms with Crippen molar-refractivity contribution in [2.24, 2.45) is 35.5 Å². The molecule has 0 radical (unpaired) electrons. The second-order valence-corrected chi connectivity index (χ2v) is 21.0. The zero-order chi connectivity index (χ0) is 52.7. The molecule has 2 aliphatic rings. The number of ether oxygens (including phenoxy) is 1. The van der Waals surface area contributed by atoms with E-state index in [9.17, 15) is 43.5 Å². The third kappa shape index (κ3) is 16.9. The van der Waals surface area contributed by atoms with E-state index in [2.05, 4.69) is 26.6 Å². The summed E-state index contributed by atoms with van der Waals surface area (Å²) in [7, 11) is 5.74. The number of carbonyl (C=O) groups excluding carboxylic acids is 8. The molecule has 1 aliphatic carbocycles. The second-order valence-electron chi connectivity index (χ2n) is 21.0. The van der Waals surface area contributed by atoms with Crippen molar-refractivity contribution in [1.29, 1.82) is 0 Å². The molecule has 18 nitrogen and oxygen atoms in total. The summed E-state index contributed by atoms with van der Waals surface area (Å²) < 4.78 is 6.01. The molecule has 1 unspecified atom stereocenters. The molecule has 1 saturated heterocycles. The average molecular weight is 973 g/mol. The summed E-state index contributed by atoms with van der Waals surface area (Å²) >= 11 is 0. The average Bonchev–Trinajstić information content (AvgIpc) is 3.83. The van der Waals surface area contributed by atoms with Gasteiger partial charge in [0.05, 0.1) is 11.6 Å². The van der Waals surface area contributed by atoms with Gasteiger partial charge in [0.25, 0.3) is 5.91 Å². The maximum absolute atomic E-state index is 14.6. The number of nitrogens with one attached hydrogen (secondary N) is 5. The lowest BCUT2D eigenvalue weighted by Gasteiger charge is -2.39. The van der Waals surface area contributed by atoms with Crippen molar-refractivity contribution in [1.82, 2.24) is 41.3 Å². The van der Waals surface area contributed by atoms with Gasteiger partial charge in [0.1, 0.15) is 30.2 Å². The highest BCUT2D eigenvalue weighted by Gasteiger charge is 2.46. The smallest absolute Gasteiger partial charge is 0.332 e. The van der Waals surface area contributed by atoms with Gasteiger partial charge in [-0.3, -0.25) is 33.6 Å². The van der Waals surface area contributed by atoms with Crippen LogP contribution in [0.4, 0.5) is 0 Å². The van der Waals surface area contributed by atoms with E-state index in [1.165, 1.54) is 51.8 Å². The molecule has 0 aromatic heterocycles. The molecule has 6 N–H and O–H groups in total. The lowest BCUT2D eigenvalue weighted by molar-refractivity contribution is -0.177. The molecule has 69 heavy (non-hydrogen) atoms. The Labute approximate surface area is 412 Å². The van der Waals surface area contributed by atoms with Crippen LogP contribution in [0.25, 0.3) is 0 Å². The van der Waals surface area contributed by atoms with Crippen LogP contribution >= 0.6 is 0 Å². The third-order valence-corrected chi connectivity index (χ3v) is 13.6. The first-order valence-corrected chi connectivity index (χ1v) is 25.1. The maximum Gasteiger partial charge on any atom is 0.332 e. The van der Waals surface area contributed by atoms with Crippen molar-refractivity contribution >= 4 is 47.3 Å². The van der Waals surface area contributed by atoms with E-state index in [0.29, 0.717) is 38.6 Å². The van der Waals surface area contributed by atoms with Crippen molar-refractivity contribution in [3.8, 4) is 0 Å². The number of allylic oxidation sites excluding steroid dienone is 4. The monoisotopic (exact) mass is 973 g/mol. The Morgan fingerprint density at radius 3 is 1.74 bits per heavy atom. The number of carbonyl (C=O) groups is 8. The number of rotatable bonds is 26. The lowest BCUT2D eigenvalue weighted by Crippen LogP contribution is -2.63. The largest absolute Gasteiger partial charge is 0.450 e. The third-order valence-electron chi connectivity index (χ3n) is 13.6. The highest BCUT2D eigenvalue weighted by molar-refractivity contribution is 5.97. The second kappa shape index (κ2) is 27.5. The van der Waals surface area contributed by atoms with Crippen LogP contribution in [0.5, 0.6) is 0 Å². The number of likely N-dealkylation sites (N-methyl/N-ethyl adjacent to an activating group) is 4. The van der Waals surface area contributed by atoms with Gasteiger partial charge in [-0.05, 0) is 88.5 Å². The van der Waals surface area contributed by atoms with Gasteiger partial charge >= 0.3 is 5.97 Å². The summed E-state index contributed by atoms with van der Waals surface area (Å²) in [6, 6.07) is -7.26. The fourth-order valence-electron chi connectivity index (χ4n) is 9.22. The molecule has 7 amide bonds. The predicted octanol–water partition coefficient (Wildman–Crippen LogP) is 3.08. The number of hydrogen-bond acceptors (Lipinski definition) is 11. The topological polar surface area (TPSA) is 236 Å². The van der Waals surface area contributed by atoms with E-state index in [1.807, 2.05) is 52.0 Å². The van der Waals surface area contributed by atoms with Gasteiger partial charge in [0.15, 0.2) is 12.1 Å². The van der Waals surface area contributed by atoms with E-state index >= 15 is 0 Å². The van der Waals surface area contributed by atoms with Crippen LogP contribution in [0.15, 0.2) is 24.3 Å². The van der Waals surface area contributed by atoms with Gasteiger partial charge in [-0.25, -0.2) is 4.79 Å². The molecule has 18 heteroatoms. The molecule has 2 rings (SSSR count). The summed E-state index contributed by atoms with van der Waals surface area (Å²) in [4.78, 5) is 116. The first-order valence-electron chi connectivity index (χ1n) is 25.1. The minimum atomic E-state index is -1.93. The Kier molecular flexibility index (Phi) is 24.0. The van der Waals surface area contributed by atoms with Crippen LogP contribution in [0.2, 0.25) is 0 Å². The molecule has 0 spiro atoms. The summed E-state index contributed by atoms with van der Waals surface area (Å²) in [5, 5.41) is 26.0. The number of nitrogens with zero attached hydrogens (tertiary/aromatic N) is 3. The molecule has 11 atom stereocenters. The van der Waals surface area contributed by atoms with E-state index in [-0.39, 0.29) is 36.0 Å². The van der Waals surface area contributed by atoms with Crippen molar-refractivity contribution in [3.05, 3.63) is 24.3 Å². The summed E-state index contributed by atoms with van der Waals surface area (Å²) in [6.45, 7) is 21.4. The fraction of sp³-hybridized carbons (Fsp3) is 0.765. The first kappa shape index (κ1) is 60.3. The Balaban J connectivity index is 2.44. The zero-order valence-corrected chi connectivity index (χ0v) is 44.5. The van der Waals surface area contributed by atoms with Gasteiger partial charge in [0.2, 0.25) is 35.4 Å². The summed E-state index contributed by atoms with van der Waals surface area (Å²) in [5.74, 6) is -6.65. The van der Waals surface area contributed by atoms with Gasteiger partial charge < -0.3 is 51.1 Å². The SMILES string of the molecule is CC[C@H](C)[C@H](NC(=O)[C@@H]1CCCN1)C(=O)N(C)[C@H](C(=O)N[C@@H](CC(C)C)C(=O)N(C)[C@H](C(=O)O[C@@H](C(=O)N(C)[C@H](C(=O)N[C@@H](CC1C=CC=CC1)C(=O)NC)C(C)C)[C@@H](C)CC)C(C)(C)O)C(C)C. The predicted molar refractivity (Wildman–Crippen MR) is 266 cm³/mol. The zero-order valence-electron chi connectivity index (χ0n) is 44.5. The quantitative estimate of drug-likeness (QED) is 0.0690. The molecule has 0 bridgehead atoms. The minimum absolute atomic E-state index is 0.0108. The van der Waals surface area contributed by atoms with Gasteiger partial charge in [-0.15, -0.1) is 0 Å². The minimum Gasteiger partial charge on any atom is -0.450 e. The molecule has 1 aliphatic heterocycles. The van der Waals surface area contributed by atoms with Crippen molar-refractivity contribution < 1.29 is 48.2 Å². The normalized spacial score (nSPS) is 19.8. The molecular formula is C51H88N8O10.